The number of halogens is 1. The number of sulfone groups is 1. The zero-order valence-electron chi connectivity index (χ0n) is 20.0. The summed E-state index contributed by atoms with van der Waals surface area (Å²) in [5, 5.41) is 16.3. The molecule has 0 saturated heterocycles. The number of oxime groups is 1. The number of nitrogens with zero attached hydrogens (tertiary/aromatic N) is 2. The van der Waals surface area contributed by atoms with Crippen LogP contribution in [0.2, 0.25) is 0 Å². The van der Waals surface area contributed by atoms with Crippen molar-refractivity contribution < 1.29 is 35.6 Å². The van der Waals surface area contributed by atoms with Gasteiger partial charge in [-0.05, 0) is 37.3 Å². The second kappa shape index (κ2) is 9.37. The number of rotatable bonds is 5. The number of hydrogen-bond acceptors (Lipinski definition) is 8. The van der Waals surface area contributed by atoms with Crippen molar-refractivity contribution in [2.24, 2.45) is 5.16 Å². The zero-order chi connectivity index (χ0) is 26.4. The number of fused-ring (bicyclic) bond motifs is 2. The molecule has 1 aliphatic heterocycles. The number of benzene rings is 2. The van der Waals surface area contributed by atoms with Gasteiger partial charge in [0.2, 0.25) is 10.0 Å². The number of furan rings is 1. The van der Waals surface area contributed by atoms with Gasteiger partial charge in [-0.3, -0.25) is 4.31 Å². The normalized spacial score (nSPS) is 19.2. The van der Waals surface area contributed by atoms with Crippen molar-refractivity contribution in [3.63, 3.8) is 0 Å². The Balaban J connectivity index is 1.99. The maximum atomic E-state index is 13.6. The first-order valence-corrected chi connectivity index (χ1v) is 14.8. The second-order valence-electron chi connectivity index (χ2n) is 8.71. The van der Waals surface area contributed by atoms with Gasteiger partial charge in [-0.1, -0.05) is 5.16 Å². The highest BCUT2D eigenvalue weighted by Gasteiger charge is 2.34. The summed E-state index contributed by atoms with van der Waals surface area (Å²) < 4.78 is 76.2. The molecular weight excluding hydrogens is 513 g/mol. The minimum Gasteiger partial charge on any atom is -0.455 e. The van der Waals surface area contributed by atoms with Gasteiger partial charge >= 0.3 is 0 Å². The average molecular weight is 540 g/mol. The van der Waals surface area contributed by atoms with Gasteiger partial charge in [0.25, 0.3) is 0 Å². The summed E-state index contributed by atoms with van der Waals surface area (Å²) >= 11 is 0. The molecule has 4 rings (SSSR count). The second-order valence-corrected chi connectivity index (χ2v) is 12.8. The lowest BCUT2D eigenvalue weighted by Gasteiger charge is -2.24. The van der Waals surface area contributed by atoms with Gasteiger partial charge in [0.1, 0.15) is 27.0 Å². The fourth-order valence-corrected chi connectivity index (χ4v) is 6.20. The molecule has 2 N–H and O–H groups in total. The molecule has 194 valence electrons. The van der Waals surface area contributed by atoms with Crippen LogP contribution in [0.25, 0.3) is 22.3 Å². The highest BCUT2D eigenvalue weighted by atomic mass is 32.2. The van der Waals surface area contributed by atoms with E-state index >= 15 is 0 Å². The maximum absolute atomic E-state index is 13.6. The molecule has 0 aliphatic carbocycles. The monoisotopic (exact) mass is 539 g/mol. The van der Waals surface area contributed by atoms with E-state index in [2.05, 4.69) is 10.5 Å². The number of nitrogens with one attached hydrogen (secondary N) is 1. The Morgan fingerprint density at radius 2 is 1.86 bits per heavy atom. The van der Waals surface area contributed by atoms with Gasteiger partial charge in [0, 0.05) is 35.9 Å². The van der Waals surface area contributed by atoms with E-state index in [-0.39, 0.29) is 35.2 Å². The number of ether oxygens (including phenoxy) is 1. The molecule has 0 fully saturated rings. The molecule has 3 aromatic rings. The number of hydrogen-bond donors (Lipinski definition) is 2. The Morgan fingerprint density at radius 1 is 1.19 bits per heavy atom. The Morgan fingerprint density at radius 3 is 2.42 bits per heavy atom. The van der Waals surface area contributed by atoms with Crippen molar-refractivity contribution in [1.82, 2.24) is 5.32 Å². The number of anilines is 1. The van der Waals surface area contributed by atoms with Crippen LogP contribution in [-0.4, -0.2) is 65.8 Å². The standard InChI is InChI=1S/C23H26FN3O7S2/c1-13-17-9-18-20(10-19(17)27(36(4,31)32)11-16(33-13)12-35(3,29)30)34-22(21(18)23(25-2)26-28)14-5-7-15(24)8-6-14/h5-10,13,16,28H,11-12H2,1-4H3,(H,25,26)/t13-,16-/m0/s1. The Bertz CT molecular complexity index is 1550. The summed E-state index contributed by atoms with van der Waals surface area (Å²) in [4.78, 5) is 0. The van der Waals surface area contributed by atoms with E-state index in [1.54, 1.807) is 20.0 Å². The fourth-order valence-electron chi connectivity index (χ4n) is 4.39. The summed E-state index contributed by atoms with van der Waals surface area (Å²) in [5.74, 6) is -0.438. The SMILES string of the molecule is CN/C(=N\O)c1c(-c2ccc(F)cc2)oc2cc3c(cc12)[C@H](C)O[C@H](CS(C)(=O)=O)CN3S(C)(=O)=O. The topological polar surface area (TPSA) is 139 Å². The molecule has 0 radical (unpaired) electrons. The molecule has 0 unspecified atom stereocenters. The largest absolute Gasteiger partial charge is 0.455 e. The van der Waals surface area contributed by atoms with Crippen LogP contribution in [0, 0.1) is 5.82 Å². The highest BCUT2D eigenvalue weighted by molar-refractivity contribution is 7.92. The first kappa shape index (κ1) is 25.9. The summed E-state index contributed by atoms with van der Waals surface area (Å²) in [6.45, 7) is 1.50. The molecular formula is C23H26FN3O7S2. The van der Waals surface area contributed by atoms with Crippen LogP contribution >= 0.6 is 0 Å². The van der Waals surface area contributed by atoms with E-state index in [9.17, 15) is 26.4 Å². The third kappa shape index (κ3) is 5.04. The van der Waals surface area contributed by atoms with E-state index in [0.29, 0.717) is 22.1 Å². The van der Waals surface area contributed by atoms with Crippen LogP contribution < -0.4 is 9.62 Å². The van der Waals surface area contributed by atoms with Crippen molar-refractivity contribution in [3.05, 3.63) is 53.3 Å². The summed E-state index contributed by atoms with van der Waals surface area (Å²) in [5.41, 5.74) is 1.92. The first-order chi connectivity index (χ1) is 16.8. The average Bonchev–Trinajstić information content (AvgIpc) is 3.07. The van der Waals surface area contributed by atoms with E-state index in [0.717, 1.165) is 16.8 Å². The smallest absolute Gasteiger partial charge is 0.232 e. The van der Waals surface area contributed by atoms with Gasteiger partial charge < -0.3 is 19.7 Å². The molecule has 2 atom stereocenters. The lowest BCUT2D eigenvalue weighted by atomic mass is 10.00. The van der Waals surface area contributed by atoms with Crippen molar-refractivity contribution in [2.45, 2.75) is 19.1 Å². The van der Waals surface area contributed by atoms with Crippen LogP contribution in [0.5, 0.6) is 0 Å². The van der Waals surface area contributed by atoms with Crippen LogP contribution in [0.3, 0.4) is 0 Å². The third-order valence-corrected chi connectivity index (χ3v) is 8.00. The molecule has 13 heteroatoms. The van der Waals surface area contributed by atoms with E-state index in [1.807, 2.05) is 0 Å². The molecule has 0 bridgehead atoms. The predicted molar refractivity (Wildman–Crippen MR) is 134 cm³/mol. The lowest BCUT2D eigenvalue weighted by Crippen LogP contribution is -2.39. The molecule has 2 aromatic carbocycles. The Hall–Kier alpha value is -3.16. The quantitative estimate of drug-likeness (QED) is 0.218. The molecule has 0 amide bonds. The first-order valence-electron chi connectivity index (χ1n) is 10.9. The molecule has 2 heterocycles. The van der Waals surface area contributed by atoms with Gasteiger partial charge in [0.15, 0.2) is 5.84 Å². The van der Waals surface area contributed by atoms with Crippen molar-refractivity contribution >= 4 is 42.4 Å². The Kier molecular flexibility index (Phi) is 6.75. The minimum atomic E-state index is -3.83. The van der Waals surface area contributed by atoms with Crippen LogP contribution in [0.1, 0.15) is 24.2 Å². The minimum absolute atomic E-state index is 0.0742. The number of sulfonamides is 1. The van der Waals surface area contributed by atoms with Gasteiger partial charge in [-0.15, -0.1) is 0 Å². The lowest BCUT2D eigenvalue weighted by molar-refractivity contribution is 0.0193. The fraction of sp³-hybridized carbons (Fsp3) is 0.348. The summed E-state index contributed by atoms with van der Waals surface area (Å²) in [6, 6.07) is 8.76. The van der Waals surface area contributed by atoms with Crippen LogP contribution in [0.15, 0.2) is 46.0 Å². The van der Waals surface area contributed by atoms with Gasteiger partial charge in [0.05, 0.1) is 42.0 Å². The van der Waals surface area contributed by atoms with E-state index < -0.39 is 37.9 Å². The number of amidine groups is 1. The molecule has 36 heavy (non-hydrogen) atoms. The third-order valence-electron chi connectivity index (χ3n) is 5.88. The van der Waals surface area contributed by atoms with Crippen molar-refractivity contribution in [1.29, 1.82) is 0 Å². The molecule has 1 aromatic heterocycles. The maximum Gasteiger partial charge on any atom is 0.232 e. The highest BCUT2D eigenvalue weighted by Crippen LogP contribution is 2.42. The van der Waals surface area contributed by atoms with Gasteiger partial charge in [-0.2, -0.15) is 0 Å². The predicted octanol–water partition coefficient (Wildman–Crippen LogP) is 2.86. The van der Waals surface area contributed by atoms with Crippen molar-refractivity contribution in [2.75, 3.05) is 36.2 Å². The molecule has 1 aliphatic rings. The zero-order valence-corrected chi connectivity index (χ0v) is 21.7. The van der Waals surface area contributed by atoms with Crippen LogP contribution in [-0.2, 0) is 24.6 Å². The molecule has 0 spiro atoms. The van der Waals surface area contributed by atoms with Crippen LogP contribution in [0.4, 0.5) is 10.1 Å². The Labute approximate surface area is 208 Å². The van der Waals surface area contributed by atoms with E-state index in [1.165, 1.54) is 30.3 Å². The van der Waals surface area contributed by atoms with Crippen molar-refractivity contribution in [3.8, 4) is 11.3 Å². The molecule has 0 saturated carbocycles. The summed E-state index contributed by atoms with van der Waals surface area (Å²) in [6.07, 6.45) is 0.519. The van der Waals surface area contributed by atoms with Gasteiger partial charge in [-0.25, -0.2) is 21.2 Å². The molecule has 10 nitrogen and oxygen atoms in total. The summed E-state index contributed by atoms with van der Waals surface area (Å²) in [7, 11) is -5.73. The van der Waals surface area contributed by atoms with E-state index in [4.69, 9.17) is 9.15 Å².